The summed E-state index contributed by atoms with van der Waals surface area (Å²) in [6.07, 6.45) is 0. The third kappa shape index (κ3) is 8.77. The zero-order valence-corrected chi connectivity index (χ0v) is 12.5. The zero-order valence-electron chi connectivity index (χ0n) is 12.5. The summed E-state index contributed by atoms with van der Waals surface area (Å²) in [5.74, 6) is 0. The van der Waals surface area contributed by atoms with E-state index < -0.39 is 0 Å². The summed E-state index contributed by atoms with van der Waals surface area (Å²) in [6.45, 7) is 10.5. The molecule has 8 nitrogen and oxygen atoms in total. The van der Waals surface area contributed by atoms with E-state index in [1.165, 1.54) is 0 Å². The Balaban J connectivity index is 2.29. The van der Waals surface area contributed by atoms with Gasteiger partial charge in [0.25, 0.3) is 0 Å². The van der Waals surface area contributed by atoms with E-state index in [1.54, 1.807) is 0 Å². The van der Waals surface area contributed by atoms with E-state index in [0.717, 1.165) is 65.9 Å². The molecule has 0 amide bonds. The van der Waals surface area contributed by atoms with Gasteiger partial charge in [0.2, 0.25) is 0 Å². The second-order valence-corrected chi connectivity index (χ2v) is 5.00. The molecule has 0 radical (unpaired) electrons. The Labute approximate surface area is 122 Å². The lowest BCUT2D eigenvalue weighted by Crippen LogP contribution is -2.48. The van der Waals surface area contributed by atoms with Crippen molar-refractivity contribution in [3.05, 3.63) is 0 Å². The largest absolute Gasteiger partial charge is 0.329 e. The van der Waals surface area contributed by atoms with Gasteiger partial charge in [0.15, 0.2) is 0 Å². The minimum absolute atomic E-state index is 0.688. The lowest BCUT2D eigenvalue weighted by atomic mass is 10.5. The molecule has 120 valence electrons. The highest BCUT2D eigenvalue weighted by Crippen LogP contribution is 1.84. The lowest BCUT2D eigenvalue weighted by Gasteiger charge is -2.25. The molecule has 8 N–H and O–H groups in total. The number of hydrogen-bond acceptors (Lipinski definition) is 8. The molecule has 0 saturated carbocycles. The Bertz CT molecular complexity index is 178. The quantitative estimate of drug-likeness (QED) is 0.320. The topological polar surface area (TPSA) is 107 Å². The van der Waals surface area contributed by atoms with Crippen LogP contribution in [0.4, 0.5) is 0 Å². The normalized spacial score (nSPS) is 22.5. The fourth-order valence-corrected chi connectivity index (χ4v) is 2.10. The molecule has 1 fully saturated rings. The SMILES string of the molecule is NCCN1CNCCNCN(CCN)CNCCNC1. The molecule has 0 aliphatic carbocycles. The van der Waals surface area contributed by atoms with Gasteiger partial charge in [-0.25, -0.2) is 0 Å². The number of rotatable bonds is 4. The average Bonchev–Trinajstić information content (AvgIpc) is 2.45. The number of nitrogens with one attached hydrogen (secondary N) is 4. The van der Waals surface area contributed by atoms with Crippen molar-refractivity contribution in [3.63, 3.8) is 0 Å². The van der Waals surface area contributed by atoms with Crippen molar-refractivity contribution < 1.29 is 0 Å². The standard InChI is InChI=1S/C12H32N8/c13-1-7-19-9-15-3-5-17-11-20(8-2-14)12-18-6-4-16-10-19/h15-18H,1-14H2. The summed E-state index contributed by atoms with van der Waals surface area (Å²) in [5.41, 5.74) is 11.3. The van der Waals surface area contributed by atoms with Crippen molar-refractivity contribution >= 4 is 0 Å². The van der Waals surface area contributed by atoms with Crippen LogP contribution in [0.15, 0.2) is 0 Å². The van der Waals surface area contributed by atoms with Gasteiger partial charge in [-0.15, -0.1) is 0 Å². The minimum Gasteiger partial charge on any atom is -0.329 e. The van der Waals surface area contributed by atoms with Crippen molar-refractivity contribution in [2.45, 2.75) is 0 Å². The summed E-state index contributed by atoms with van der Waals surface area (Å²) in [5, 5.41) is 13.7. The van der Waals surface area contributed by atoms with Crippen molar-refractivity contribution in [1.82, 2.24) is 31.1 Å². The predicted octanol–water partition coefficient (Wildman–Crippen LogP) is -3.29. The minimum atomic E-state index is 0.688. The van der Waals surface area contributed by atoms with Crippen LogP contribution in [0.3, 0.4) is 0 Å². The number of nitrogens with two attached hydrogens (primary N) is 2. The third-order valence-electron chi connectivity index (χ3n) is 3.19. The van der Waals surface area contributed by atoms with Crippen LogP contribution in [0.5, 0.6) is 0 Å². The highest BCUT2D eigenvalue weighted by atomic mass is 15.3. The van der Waals surface area contributed by atoms with Crippen LogP contribution in [0, 0.1) is 0 Å². The Morgan fingerprint density at radius 1 is 0.600 bits per heavy atom. The highest BCUT2D eigenvalue weighted by molar-refractivity contribution is 4.62. The van der Waals surface area contributed by atoms with E-state index in [4.69, 9.17) is 11.5 Å². The molecule has 1 saturated heterocycles. The molecular formula is C12H32N8. The van der Waals surface area contributed by atoms with E-state index >= 15 is 0 Å². The molecule has 8 heteroatoms. The molecule has 0 aromatic carbocycles. The molecule has 1 heterocycles. The maximum absolute atomic E-state index is 5.63. The average molecular weight is 288 g/mol. The molecule has 0 aromatic rings. The van der Waals surface area contributed by atoms with Gasteiger partial charge >= 0.3 is 0 Å². The first-order valence-corrected chi connectivity index (χ1v) is 7.54. The van der Waals surface area contributed by atoms with Crippen molar-refractivity contribution in [2.75, 3.05) is 79.0 Å². The Kier molecular flexibility index (Phi) is 11.0. The first kappa shape index (κ1) is 17.7. The van der Waals surface area contributed by atoms with Crippen LogP contribution >= 0.6 is 0 Å². The molecule has 0 atom stereocenters. The monoisotopic (exact) mass is 288 g/mol. The van der Waals surface area contributed by atoms with Gasteiger partial charge in [-0.05, 0) is 0 Å². The second kappa shape index (κ2) is 12.4. The van der Waals surface area contributed by atoms with Gasteiger partial charge in [-0.3, -0.25) is 9.80 Å². The van der Waals surface area contributed by atoms with Gasteiger partial charge in [-0.2, -0.15) is 0 Å². The maximum Gasteiger partial charge on any atom is 0.0493 e. The lowest BCUT2D eigenvalue weighted by molar-refractivity contribution is 0.219. The fourth-order valence-electron chi connectivity index (χ4n) is 2.10. The van der Waals surface area contributed by atoms with E-state index in [2.05, 4.69) is 31.1 Å². The number of nitrogens with zero attached hydrogens (tertiary/aromatic N) is 2. The van der Waals surface area contributed by atoms with E-state index in [0.29, 0.717) is 13.1 Å². The van der Waals surface area contributed by atoms with Crippen LogP contribution in [0.1, 0.15) is 0 Å². The summed E-state index contributed by atoms with van der Waals surface area (Å²) in [7, 11) is 0. The Morgan fingerprint density at radius 2 is 0.900 bits per heavy atom. The summed E-state index contributed by atoms with van der Waals surface area (Å²) < 4.78 is 0. The molecule has 1 aliphatic heterocycles. The molecular weight excluding hydrogens is 256 g/mol. The van der Waals surface area contributed by atoms with Gasteiger partial charge in [0, 0.05) is 79.0 Å². The van der Waals surface area contributed by atoms with Crippen LogP contribution in [-0.4, -0.2) is 88.8 Å². The maximum atomic E-state index is 5.63. The van der Waals surface area contributed by atoms with E-state index in [-0.39, 0.29) is 0 Å². The first-order chi connectivity index (χ1) is 9.86. The smallest absolute Gasteiger partial charge is 0.0493 e. The molecule has 0 bridgehead atoms. The molecule has 1 aliphatic rings. The first-order valence-electron chi connectivity index (χ1n) is 7.54. The van der Waals surface area contributed by atoms with Gasteiger partial charge in [0.1, 0.15) is 0 Å². The van der Waals surface area contributed by atoms with Gasteiger partial charge in [0.05, 0.1) is 0 Å². The van der Waals surface area contributed by atoms with E-state index in [1.807, 2.05) is 0 Å². The predicted molar refractivity (Wildman–Crippen MR) is 83.0 cm³/mol. The molecule has 0 unspecified atom stereocenters. The van der Waals surface area contributed by atoms with E-state index in [9.17, 15) is 0 Å². The van der Waals surface area contributed by atoms with Crippen LogP contribution < -0.4 is 32.7 Å². The van der Waals surface area contributed by atoms with Gasteiger partial charge < -0.3 is 32.7 Å². The molecule has 20 heavy (non-hydrogen) atoms. The Morgan fingerprint density at radius 3 is 1.15 bits per heavy atom. The third-order valence-corrected chi connectivity index (χ3v) is 3.19. The highest BCUT2D eigenvalue weighted by Gasteiger charge is 2.05. The molecule has 0 aromatic heterocycles. The Hall–Kier alpha value is -0.320. The van der Waals surface area contributed by atoms with Crippen LogP contribution in [-0.2, 0) is 0 Å². The van der Waals surface area contributed by atoms with Gasteiger partial charge in [-0.1, -0.05) is 0 Å². The number of hydrogen-bond donors (Lipinski definition) is 6. The van der Waals surface area contributed by atoms with Crippen LogP contribution in [0.25, 0.3) is 0 Å². The zero-order chi connectivity index (χ0) is 14.5. The molecule has 0 spiro atoms. The summed E-state index contributed by atoms with van der Waals surface area (Å²) in [6, 6.07) is 0. The fraction of sp³-hybridized carbons (Fsp3) is 1.00. The second-order valence-electron chi connectivity index (χ2n) is 5.00. The van der Waals surface area contributed by atoms with Crippen molar-refractivity contribution in [1.29, 1.82) is 0 Å². The van der Waals surface area contributed by atoms with Crippen LogP contribution in [0.2, 0.25) is 0 Å². The molecule has 1 rings (SSSR count). The summed E-state index contributed by atoms with van der Waals surface area (Å²) >= 11 is 0. The summed E-state index contributed by atoms with van der Waals surface area (Å²) in [4.78, 5) is 4.57. The van der Waals surface area contributed by atoms with Crippen molar-refractivity contribution in [3.8, 4) is 0 Å². The van der Waals surface area contributed by atoms with Crippen molar-refractivity contribution in [2.24, 2.45) is 11.5 Å².